The lowest BCUT2D eigenvalue weighted by molar-refractivity contribution is 0.719. The highest BCUT2D eigenvalue weighted by atomic mass is 15.5. The predicted molar refractivity (Wildman–Crippen MR) is 176 cm³/mol. The number of hydrogen-bond donors (Lipinski definition) is 0. The number of rotatable bonds is 4. The van der Waals surface area contributed by atoms with Gasteiger partial charge in [0.05, 0.1) is 17.4 Å². The Labute approximate surface area is 239 Å². The maximum atomic E-state index is 5.27. The summed E-state index contributed by atoms with van der Waals surface area (Å²) in [4.78, 5) is 0. The molecule has 41 heavy (non-hydrogen) atoms. The molecule has 0 amide bonds. The second kappa shape index (κ2) is 9.76. The smallest absolute Gasteiger partial charge is 0.0843 e. The molecule has 0 spiro atoms. The van der Waals surface area contributed by atoms with Crippen molar-refractivity contribution >= 4 is 60.6 Å². The number of anilines is 1. The maximum absolute atomic E-state index is 5.27. The van der Waals surface area contributed by atoms with Crippen LogP contribution < -0.4 is 5.01 Å². The van der Waals surface area contributed by atoms with Crippen LogP contribution in [0.25, 0.3) is 49.2 Å². The molecule has 7 aromatic carbocycles. The van der Waals surface area contributed by atoms with Gasteiger partial charge >= 0.3 is 0 Å². The zero-order valence-corrected chi connectivity index (χ0v) is 22.6. The van der Waals surface area contributed by atoms with Gasteiger partial charge < -0.3 is 0 Å². The SMILES string of the molecule is C(=C\c1c2ccccc2cc2ccccc12)/C1=NN(c2ccccc2)C(c2c3ccccc3cc3ccccc23)C1. The Hall–Kier alpha value is -5.21. The van der Waals surface area contributed by atoms with Crippen LogP contribution in [0.1, 0.15) is 23.6 Å². The second-order valence-corrected chi connectivity index (χ2v) is 10.8. The van der Waals surface area contributed by atoms with Gasteiger partial charge in [-0.3, -0.25) is 5.01 Å². The second-order valence-electron chi connectivity index (χ2n) is 10.8. The molecule has 0 saturated carbocycles. The highest BCUT2D eigenvalue weighted by molar-refractivity contribution is 6.11. The average Bonchev–Trinajstić information content (AvgIpc) is 3.46. The van der Waals surface area contributed by atoms with Crippen LogP contribution in [0.5, 0.6) is 0 Å². The number of para-hydroxylation sites is 1. The Morgan fingerprint density at radius 3 is 1.54 bits per heavy atom. The van der Waals surface area contributed by atoms with E-state index < -0.39 is 0 Å². The number of hydrazone groups is 1. The van der Waals surface area contributed by atoms with Crippen LogP contribution >= 0.6 is 0 Å². The van der Waals surface area contributed by atoms with Crippen molar-refractivity contribution in [2.45, 2.75) is 12.5 Å². The molecule has 2 nitrogen and oxygen atoms in total. The molecule has 0 N–H and O–H groups in total. The van der Waals surface area contributed by atoms with Gasteiger partial charge in [0.15, 0.2) is 0 Å². The minimum absolute atomic E-state index is 0.0808. The topological polar surface area (TPSA) is 15.6 Å². The van der Waals surface area contributed by atoms with E-state index in [1.54, 1.807) is 0 Å². The first-order chi connectivity index (χ1) is 20.3. The normalized spacial score (nSPS) is 15.5. The molecule has 8 rings (SSSR count). The number of hydrogen-bond acceptors (Lipinski definition) is 2. The molecule has 0 fully saturated rings. The van der Waals surface area contributed by atoms with Crippen molar-refractivity contribution in [1.29, 1.82) is 0 Å². The number of benzene rings is 7. The molecule has 1 aliphatic rings. The van der Waals surface area contributed by atoms with E-state index in [1.165, 1.54) is 54.2 Å². The van der Waals surface area contributed by atoms with Crippen molar-refractivity contribution in [3.05, 3.63) is 157 Å². The third-order valence-corrected chi connectivity index (χ3v) is 8.36. The highest BCUT2D eigenvalue weighted by Crippen LogP contribution is 2.42. The van der Waals surface area contributed by atoms with Crippen molar-refractivity contribution in [2.24, 2.45) is 5.10 Å². The third kappa shape index (κ3) is 4.08. The molecular formula is C39H28N2. The first-order valence-electron chi connectivity index (χ1n) is 14.2. The van der Waals surface area contributed by atoms with Gasteiger partial charge in [0.1, 0.15) is 0 Å². The van der Waals surface area contributed by atoms with Crippen molar-refractivity contribution in [1.82, 2.24) is 0 Å². The minimum atomic E-state index is 0.0808. The third-order valence-electron chi connectivity index (χ3n) is 8.36. The van der Waals surface area contributed by atoms with E-state index in [4.69, 9.17) is 5.10 Å². The van der Waals surface area contributed by atoms with E-state index in [9.17, 15) is 0 Å². The number of nitrogens with zero attached hydrogens (tertiary/aromatic N) is 2. The molecule has 0 bridgehead atoms. The van der Waals surface area contributed by atoms with Crippen molar-refractivity contribution in [2.75, 3.05) is 5.01 Å². The zero-order valence-electron chi connectivity index (χ0n) is 22.6. The van der Waals surface area contributed by atoms with Crippen LogP contribution in [0, 0.1) is 0 Å². The molecular weight excluding hydrogens is 496 g/mol. The molecule has 0 radical (unpaired) electrons. The zero-order chi connectivity index (χ0) is 27.2. The van der Waals surface area contributed by atoms with Gasteiger partial charge in [0.25, 0.3) is 0 Å². The highest BCUT2D eigenvalue weighted by Gasteiger charge is 2.31. The summed E-state index contributed by atoms with van der Waals surface area (Å²) in [6.07, 6.45) is 5.33. The quantitative estimate of drug-likeness (QED) is 0.209. The Kier molecular flexibility index (Phi) is 5.63. The Bertz CT molecular complexity index is 2030. The lowest BCUT2D eigenvalue weighted by Crippen LogP contribution is -2.19. The van der Waals surface area contributed by atoms with Crippen LogP contribution in [0.4, 0.5) is 5.69 Å². The van der Waals surface area contributed by atoms with Gasteiger partial charge in [0.2, 0.25) is 0 Å². The molecule has 0 aromatic heterocycles. The number of allylic oxidation sites excluding steroid dienone is 1. The van der Waals surface area contributed by atoms with Gasteiger partial charge in [-0.1, -0.05) is 121 Å². The van der Waals surface area contributed by atoms with Gasteiger partial charge in [-0.15, -0.1) is 0 Å². The standard InChI is InChI=1S/C39H28N2/c1-2-16-32(17-3-1)41-38(39-35-20-10-6-14-29(35)25-30-15-7-11-21-36(30)39)26-31(40-41)22-23-37-33-18-8-4-12-27(33)24-28-13-5-9-19-34(28)37/h1-25,38H,26H2/b23-22+. The Morgan fingerprint density at radius 1 is 0.512 bits per heavy atom. The molecule has 2 heteroatoms. The van der Waals surface area contributed by atoms with Crippen LogP contribution in [0.3, 0.4) is 0 Å². The fourth-order valence-corrected chi connectivity index (χ4v) is 6.49. The van der Waals surface area contributed by atoms with Gasteiger partial charge in [0, 0.05) is 6.42 Å². The van der Waals surface area contributed by atoms with E-state index >= 15 is 0 Å². The Balaban J connectivity index is 1.29. The van der Waals surface area contributed by atoms with Gasteiger partial charge in [-0.2, -0.15) is 5.10 Å². The monoisotopic (exact) mass is 524 g/mol. The Morgan fingerprint density at radius 2 is 0.976 bits per heavy atom. The molecule has 0 aliphatic carbocycles. The molecule has 194 valence electrons. The van der Waals surface area contributed by atoms with Crippen LogP contribution in [0.15, 0.2) is 151 Å². The largest absolute Gasteiger partial charge is 0.257 e. The molecule has 1 heterocycles. The summed E-state index contributed by atoms with van der Waals surface area (Å²) in [5.74, 6) is 0. The lowest BCUT2D eigenvalue weighted by atomic mass is 9.89. The summed E-state index contributed by atoms with van der Waals surface area (Å²) in [6, 6.07) is 50.1. The van der Waals surface area contributed by atoms with E-state index in [2.05, 4.69) is 157 Å². The summed E-state index contributed by atoms with van der Waals surface area (Å²) >= 11 is 0. The van der Waals surface area contributed by atoms with Crippen molar-refractivity contribution in [3.8, 4) is 0 Å². The minimum Gasteiger partial charge on any atom is -0.257 e. The summed E-state index contributed by atoms with van der Waals surface area (Å²) in [5, 5.41) is 17.6. The van der Waals surface area contributed by atoms with E-state index in [0.717, 1.165) is 17.8 Å². The summed E-state index contributed by atoms with van der Waals surface area (Å²) in [5.41, 5.74) is 4.76. The van der Waals surface area contributed by atoms with E-state index in [0.29, 0.717) is 0 Å². The average molecular weight is 525 g/mol. The molecule has 7 aromatic rings. The summed E-state index contributed by atoms with van der Waals surface area (Å²) in [6.45, 7) is 0. The lowest BCUT2D eigenvalue weighted by Gasteiger charge is -2.26. The molecule has 1 aliphatic heterocycles. The first kappa shape index (κ1) is 23.7. The fourth-order valence-electron chi connectivity index (χ4n) is 6.49. The molecule has 1 unspecified atom stereocenters. The van der Waals surface area contributed by atoms with Gasteiger partial charge in [-0.25, -0.2) is 0 Å². The molecule has 0 saturated heterocycles. The predicted octanol–water partition coefficient (Wildman–Crippen LogP) is 10.3. The van der Waals surface area contributed by atoms with Crippen LogP contribution in [0.2, 0.25) is 0 Å². The summed E-state index contributed by atoms with van der Waals surface area (Å²) in [7, 11) is 0. The van der Waals surface area contributed by atoms with E-state index in [1.807, 2.05) is 0 Å². The maximum Gasteiger partial charge on any atom is 0.0843 e. The van der Waals surface area contributed by atoms with Crippen LogP contribution in [-0.4, -0.2) is 5.71 Å². The fraction of sp³-hybridized carbons (Fsp3) is 0.0513. The van der Waals surface area contributed by atoms with E-state index in [-0.39, 0.29) is 6.04 Å². The molecule has 1 atom stereocenters. The van der Waals surface area contributed by atoms with Gasteiger partial charge in [-0.05, 0) is 84.6 Å². The van der Waals surface area contributed by atoms with Crippen LogP contribution in [-0.2, 0) is 0 Å². The number of fused-ring (bicyclic) bond motifs is 4. The van der Waals surface area contributed by atoms with Crippen molar-refractivity contribution < 1.29 is 0 Å². The van der Waals surface area contributed by atoms with Crippen molar-refractivity contribution in [3.63, 3.8) is 0 Å². The first-order valence-corrected chi connectivity index (χ1v) is 14.2. The summed E-state index contributed by atoms with van der Waals surface area (Å²) < 4.78 is 0.